The summed E-state index contributed by atoms with van der Waals surface area (Å²) in [6, 6.07) is 16.2. The molecule has 0 aliphatic heterocycles. The first-order chi connectivity index (χ1) is 11.2. The number of benzene rings is 2. The fraction of sp³-hybridized carbons (Fsp3) is 0.350. The van der Waals surface area contributed by atoms with Crippen molar-refractivity contribution in [2.45, 2.75) is 39.2 Å². The number of carbonyl (C=O) groups excluding carboxylic acids is 1. The van der Waals surface area contributed by atoms with E-state index in [9.17, 15) is 9.18 Å². The number of unbranched alkanes of at least 4 members (excludes halogenated alkanes) is 2. The predicted molar refractivity (Wildman–Crippen MR) is 91.5 cm³/mol. The maximum Gasteiger partial charge on any atom is 0.227 e. The van der Waals surface area contributed by atoms with Crippen molar-refractivity contribution in [3.63, 3.8) is 0 Å². The number of rotatable bonds is 8. The Morgan fingerprint density at radius 3 is 2.30 bits per heavy atom. The molecule has 0 radical (unpaired) electrons. The van der Waals surface area contributed by atoms with E-state index in [0.717, 1.165) is 36.9 Å². The van der Waals surface area contributed by atoms with Gasteiger partial charge in [0.15, 0.2) is 0 Å². The molecule has 23 heavy (non-hydrogen) atoms. The van der Waals surface area contributed by atoms with Gasteiger partial charge in [-0.15, -0.1) is 0 Å². The number of hydrogen-bond acceptors (Lipinski definition) is 1. The standard InChI is InChI=1S/C20H24FNO/c1-2-3-7-14-22(16-18-10-12-19(21)13-11-18)20(23)15-17-8-5-4-6-9-17/h4-6,8-13H,2-3,7,14-16H2,1H3. The van der Waals surface area contributed by atoms with E-state index in [4.69, 9.17) is 0 Å². The smallest absolute Gasteiger partial charge is 0.227 e. The number of nitrogens with zero attached hydrogens (tertiary/aromatic N) is 1. The minimum absolute atomic E-state index is 0.122. The van der Waals surface area contributed by atoms with Crippen LogP contribution in [-0.4, -0.2) is 17.4 Å². The Bertz CT molecular complexity index is 595. The third-order valence-corrected chi connectivity index (χ3v) is 3.87. The highest BCUT2D eigenvalue weighted by atomic mass is 19.1. The SMILES string of the molecule is CCCCCN(Cc1ccc(F)cc1)C(=O)Cc1ccccc1. The molecule has 0 saturated carbocycles. The van der Waals surface area contributed by atoms with Crippen LogP contribution in [0.25, 0.3) is 0 Å². The van der Waals surface area contributed by atoms with Gasteiger partial charge < -0.3 is 4.90 Å². The lowest BCUT2D eigenvalue weighted by atomic mass is 10.1. The fourth-order valence-corrected chi connectivity index (χ4v) is 2.54. The fourth-order valence-electron chi connectivity index (χ4n) is 2.54. The largest absolute Gasteiger partial charge is 0.338 e. The predicted octanol–water partition coefficient (Wildman–Crippen LogP) is 4.59. The molecule has 0 fully saturated rings. The van der Waals surface area contributed by atoms with Crippen LogP contribution < -0.4 is 0 Å². The summed E-state index contributed by atoms with van der Waals surface area (Å²) in [5, 5.41) is 0. The first kappa shape index (κ1) is 17.2. The minimum Gasteiger partial charge on any atom is -0.338 e. The molecule has 2 nitrogen and oxygen atoms in total. The summed E-state index contributed by atoms with van der Waals surface area (Å²) in [5.74, 6) is -0.126. The lowest BCUT2D eigenvalue weighted by Gasteiger charge is -2.23. The maximum atomic E-state index is 13.0. The van der Waals surface area contributed by atoms with E-state index in [0.29, 0.717) is 13.0 Å². The Morgan fingerprint density at radius 2 is 1.65 bits per heavy atom. The Kier molecular flexibility index (Phi) is 6.79. The summed E-state index contributed by atoms with van der Waals surface area (Å²) >= 11 is 0. The summed E-state index contributed by atoms with van der Waals surface area (Å²) in [5.41, 5.74) is 1.99. The molecule has 2 aromatic carbocycles. The summed E-state index contributed by atoms with van der Waals surface area (Å²) < 4.78 is 13.0. The van der Waals surface area contributed by atoms with E-state index >= 15 is 0 Å². The van der Waals surface area contributed by atoms with Crippen LogP contribution in [0.2, 0.25) is 0 Å². The van der Waals surface area contributed by atoms with Gasteiger partial charge >= 0.3 is 0 Å². The summed E-state index contributed by atoms with van der Waals surface area (Å²) in [7, 11) is 0. The van der Waals surface area contributed by atoms with E-state index in [-0.39, 0.29) is 11.7 Å². The van der Waals surface area contributed by atoms with Crippen LogP contribution in [0.3, 0.4) is 0 Å². The molecule has 1 amide bonds. The van der Waals surface area contributed by atoms with Crippen molar-refractivity contribution in [2.75, 3.05) is 6.54 Å². The minimum atomic E-state index is -0.248. The van der Waals surface area contributed by atoms with Crippen molar-refractivity contribution < 1.29 is 9.18 Å². The second-order valence-electron chi connectivity index (χ2n) is 5.81. The average molecular weight is 313 g/mol. The molecule has 3 heteroatoms. The Morgan fingerprint density at radius 1 is 0.957 bits per heavy atom. The zero-order chi connectivity index (χ0) is 16.5. The van der Waals surface area contributed by atoms with Crippen LogP contribution in [0.1, 0.15) is 37.3 Å². The number of carbonyl (C=O) groups is 1. The molecule has 0 spiro atoms. The molecule has 2 rings (SSSR count). The van der Waals surface area contributed by atoms with Crippen molar-refractivity contribution in [1.29, 1.82) is 0 Å². The highest BCUT2D eigenvalue weighted by Crippen LogP contribution is 2.11. The molecular weight excluding hydrogens is 289 g/mol. The van der Waals surface area contributed by atoms with Gasteiger partial charge in [-0.1, -0.05) is 62.2 Å². The Hall–Kier alpha value is -2.16. The highest BCUT2D eigenvalue weighted by Gasteiger charge is 2.14. The number of amides is 1. The van der Waals surface area contributed by atoms with Gasteiger partial charge in [-0.2, -0.15) is 0 Å². The third kappa shape index (κ3) is 5.85. The van der Waals surface area contributed by atoms with Crippen LogP contribution in [0.15, 0.2) is 54.6 Å². The van der Waals surface area contributed by atoms with Crippen molar-refractivity contribution >= 4 is 5.91 Å². The first-order valence-electron chi connectivity index (χ1n) is 8.25. The van der Waals surface area contributed by atoms with Gasteiger partial charge in [0, 0.05) is 13.1 Å². The molecule has 0 bridgehead atoms. The highest BCUT2D eigenvalue weighted by molar-refractivity contribution is 5.78. The van der Waals surface area contributed by atoms with Crippen LogP contribution in [0.4, 0.5) is 4.39 Å². The van der Waals surface area contributed by atoms with Gasteiger partial charge in [0.1, 0.15) is 5.82 Å². The normalized spacial score (nSPS) is 10.5. The van der Waals surface area contributed by atoms with E-state index in [1.54, 1.807) is 12.1 Å². The van der Waals surface area contributed by atoms with E-state index in [1.807, 2.05) is 35.2 Å². The monoisotopic (exact) mass is 313 g/mol. The van der Waals surface area contributed by atoms with Crippen LogP contribution in [0, 0.1) is 5.82 Å². The van der Waals surface area contributed by atoms with Gasteiger partial charge in [-0.05, 0) is 29.7 Å². The third-order valence-electron chi connectivity index (χ3n) is 3.87. The van der Waals surface area contributed by atoms with Crippen LogP contribution in [0.5, 0.6) is 0 Å². The van der Waals surface area contributed by atoms with Crippen LogP contribution >= 0.6 is 0 Å². The van der Waals surface area contributed by atoms with Gasteiger partial charge in [-0.25, -0.2) is 4.39 Å². The Balaban J connectivity index is 2.03. The molecule has 0 aromatic heterocycles. The molecule has 0 saturated heterocycles. The molecular formula is C20H24FNO. The number of halogens is 1. The molecule has 2 aromatic rings. The lowest BCUT2D eigenvalue weighted by molar-refractivity contribution is -0.131. The molecule has 0 aliphatic carbocycles. The molecule has 0 heterocycles. The summed E-state index contributed by atoms with van der Waals surface area (Å²) in [6.07, 6.45) is 3.64. The van der Waals surface area contributed by atoms with Crippen molar-refractivity contribution in [3.05, 3.63) is 71.5 Å². The topological polar surface area (TPSA) is 20.3 Å². The first-order valence-corrected chi connectivity index (χ1v) is 8.25. The van der Waals surface area contributed by atoms with Crippen molar-refractivity contribution in [3.8, 4) is 0 Å². The van der Waals surface area contributed by atoms with Gasteiger partial charge in [-0.3, -0.25) is 4.79 Å². The summed E-state index contributed by atoms with van der Waals surface area (Å²) in [4.78, 5) is 14.5. The maximum absolute atomic E-state index is 13.0. The van der Waals surface area contributed by atoms with Crippen molar-refractivity contribution in [1.82, 2.24) is 4.90 Å². The summed E-state index contributed by atoms with van der Waals surface area (Å²) in [6.45, 7) is 3.43. The lowest BCUT2D eigenvalue weighted by Crippen LogP contribution is -2.32. The van der Waals surface area contributed by atoms with Gasteiger partial charge in [0.05, 0.1) is 6.42 Å². The Labute approximate surface area is 137 Å². The average Bonchev–Trinajstić information content (AvgIpc) is 2.57. The van der Waals surface area contributed by atoms with Crippen LogP contribution in [-0.2, 0) is 17.8 Å². The zero-order valence-electron chi connectivity index (χ0n) is 13.7. The molecule has 122 valence electrons. The van der Waals surface area contributed by atoms with Gasteiger partial charge in [0.2, 0.25) is 5.91 Å². The molecule has 0 unspecified atom stereocenters. The zero-order valence-corrected chi connectivity index (χ0v) is 13.7. The quantitative estimate of drug-likeness (QED) is 0.653. The number of hydrogen-bond donors (Lipinski definition) is 0. The molecule has 0 aliphatic rings. The molecule has 0 N–H and O–H groups in total. The second-order valence-corrected chi connectivity index (χ2v) is 5.81. The molecule has 0 atom stereocenters. The van der Waals surface area contributed by atoms with Gasteiger partial charge in [0.25, 0.3) is 0 Å². The second kappa shape index (κ2) is 9.09. The van der Waals surface area contributed by atoms with Crippen molar-refractivity contribution in [2.24, 2.45) is 0 Å². The van der Waals surface area contributed by atoms with E-state index in [2.05, 4.69) is 6.92 Å². The van der Waals surface area contributed by atoms with E-state index in [1.165, 1.54) is 12.1 Å². The van der Waals surface area contributed by atoms with E-state index < -0.39 is 0 Å².